The molecule has 1 aliphatic rings. The Bertz CT molecular complexity index is 498. The number of aliphatic hydroxyl groups excluding tert-OH is 1. The van der Waals surface area contributed by atoms with Gasteiger partial charge in [-0.3, -0.25) is 5.32 Å². The van der Waals surface area contributed by atoms with Gasteiger partial charge in [0.25, 0.3) is 0 Å². The highest BCUT2D eigenvalue weighted by molar-refractivity contribution is 5.32. The van der Waals surface area contributed by atoms with Gasteiger partial charge in [-0.05, 0) is 37.8 Å². The van der Waals surface area contributed by atoms with Crippen LogP contribution in [-0.4, -0.2) is 23.8 Å². The van der Waals surface area contributed by atoms with Crippen molar-refractivity contribution in [3.63, 3.8) is 0 Å². The highest BCUT2D eigenvalue weighted by Crippen LogP contribution is 2.37. The fourth-order valence-electron chi connectivity index (χ4n) is 3.29. The van der Waals surface area contributed by atoms with Crippen LogP contribution in [0.3, 0.4) is 0 Å². The normalized spacial score (nSPS) is 24.7. The van der Waals surface area contributed by atoms with E-state index < -0.39 is 0 Å². The molecule has 0 bridgehead atoms. The lowest BCUT2D eigenvalue weighted by molar-refractivity contribution is 0.225. The van der Waals surface area contributed by atoms with Gasteiger partial charge in [0.15, 0.2) is 0 Å². The average molecular weight is 288 g/mol. The van der Waals surface area contributed by atoms with Gasteiger partial charge in [0.2, 0.25) is 0 Å². The number of para-hydroxylation sites is 1. The van der Waals surface area contributed by atoms with Crippen LogP contribution in [0.5, 0.6) is 5.75 Å². The lowest BCUT2D eigenvalue weighted by atomic mass is 9.86. The van der Waals surface area contributed by atoms with Crippen LogP contribution in [0.25, 0.3) is 0 Å². The summed E-state index contributed by atoms with van der Waals surface area (Å²) in [6.07, 6.45) is 3.96. The van der Waals surface area contributed by atoms with Gasteiger partial charge >= 0.3 is 0 Å². The number of hydrogen-bond acceptors (Lipinski definition) is 4. The molecule has 1 aromatic carbocycles. The van der Waals surface area contributed by atoms with Crippen molar-refractivity contribution in [2.75, 3.05) is 13.2 Å². The van der Waals surface area contributed by atoms with Crippen LogP contribution in [0.1, 0.15) is 38.2 Å². The molecule has 4 heteroatoms. The zero-order chi connectivity index (χ0) is 15.1. The maximum Gasteiger partial charge on any atom is 0.124 e. The Balaban J connectivity index is 1.92. The zero-order valence-electron chi connectivity index (χ0n) is 12.6. The fourth-order valence-corrected chi connectivity index (χ4v) is 3.29. The average Bonchev–Trinajstić information content (AvgIpc) is 2.91. The van der Waals surface area contributed by atoms with E-state index in [4.69, 9.17) is 4.74 Å². The topological polar surface area (TPSA) is 65.3 Å². The third-order valence-electron chi connectivity index (χ3n) is 4.38. The van der Waals surface area contributed by atoms with Crippen molar-refractivity contribution in [1.29, 1.82) is 5.26 Å². The summed E-state index contributed by atoms with van der Waals surface area (Å²) in [7, 11) is 0. The number of benzene rings is 1. The second-order valence-corrected chi connectivity index (χ2v) is 5.61. The van der Waals surface area contributed by atoms with Crippen molar-refractivity contribution in [2.45, 2.75) is 44.8 Å². The molecule has 114 valence electrons. The highest BCUT2D eigenvalue weighted by atomic mass is 16.5. The highest BCUT2D eigenvalue weighted by Gasteiger charge is 2.42. The molecule has 0 radical (unpaired) electrons. The first-order valence-electron chi connectivity index (χ1n) is 7.73. The SMILES string of the molecule is CCNC1(C#N)CCCC1CCOc1ccccc1CO. The number of aliphatic hydroxyl groups is 1. The Kier molecular flexibility index (Phi) is 5.60. The summed E-state index contributed by atoms with van der Waals surface area (Å²) in [5.41, 5.74) is 0.427. The van der Waals surface area contributed by atoms with E-state index in [0.29, 0.717) is 12.5 Å². The Morgan fingerprint density at radius 3 is 3.00 bits per heavy atom. The molecule has 0 aliphatic heterocycles. The van der Waals surface area contributed by atoms with Gasteiger partial charge in [-0.1, -0.05) is 31.5 Å². The lowest BCUT2D eigenvalue weighted by Crippen LogP contribution is -2.47. The molecule has 2 N–H and O–H groups in total. The minimum Gasteiger partial charge on any atom is -0.493 e. The quantitative estimate of drug-likeness (QED) is 0.809. The molecule has 0 saturated heterocycles. The van der Waals surface area contributed by atoms with Crippen LogP contribution in [0.15, 0.2) is 24.3 Å². The molecule has 2 unspecified atom stereocenters. The van der Waals surface area contributed by atoms with Gasteiger partial charge in [0.1, 0.15) is 11.3 Å². The van der Waals surface area contributed by atoms with E-state index in [1.165, 1.54) is 0 Å². The summed E-state index contributed by atoms with van der Waals surface area (Å²) in [5.74, 6) is 1.08. The van der Waals surface area contributed by atoms with E-state index in [1.54, 1.807) is 0 Å². The van der Waals surface area contributed by atoms with Crippen LogP contribution < -0.4 is 10.1 Å². The van der Waals surface area contributed by atoms with Crippen molar-refractivity contribution in [3.8, 4) is 11.8 Å². The molecular weight excluding hydrogens is 264 g/mol. The van der Waals surface area contributed by atoms with Gasteiger partial charge in [-0.15, -0.1) is 0 Å². The lowest BCUT2D eigenvalue weighted by Gasteiger charge is -2.29. The molecule has 1 aliphatic carbocycles. The number of rotatable bonds is 7. The Hall–Kier alpha value is -1.57. The van der Waals surface area contributed by atoms with Crippen LogP contribution in [0.2, 0.25) is 0 Å². The number of hydrogen-bond donors (Lipinski definition) is 2. The van der Waals surface area contributed by atoms with E-state index in [-0.39, 0.29) is 12.1 Å². The van der Waals surface area contributed by atoms with Gasteiger partial charge in [-0.25, -0.2) is 0 Å². The summed E-state index contributed by atoms with van der Waals surface area (Å²) in [6, 6.07) is 10.0. The third kappa shape index (κ3) is 3.55. The second-order valence-electron chi connectivity index (χ2n) is 5.61. The monoisotopic (exact) mass is 288 g/mol. The largest absolute Gasteiger partial charge is 0.493 e. The molecule has 2 atom stereocenters. The summed E-state index contributed by atoms with van der Waals surface area (Å²) >= 11 is 0. The minimum absolute atomic E-state index is 0.0148. The molecule has 0 aromatic heterocycles. The van der Waals surface area contributed by atoms with Gasteiger partial charge in [-0.2, -0.15) is 5.26 Å². The minimum atomic E-state index is -0.380. The summed E-state index contributed by atoms with van der Waals surface area (Å²) in [4.78, 5) is 0. The van der Waals surface area contributed by atoms with E-state index in [2.05, 4.69) is 11.4 Å². The number of nitriles is 1. The number of nitrogens with zero attached hydrogens (tertiary/aromatic N) is 1. The predicted molar refractivity (Wildman–Crippen MR) is 81.8 cm³/mol. The Morgan fingerprint density at radius 2 is 2.29 bits per heavy atom. The maximum absolute atomic E-state index is 9.53. The summed E-state index contributed by atoms with van der Waals surface area (Å²) < 4.78 is 5.81. The first-order valence-corrected chi connectivity index (χ1v) is 7.73. The van der Waals surface area contributed by atoms with Gasteiger partial charge < -0.3 is 9.84 Å². The smallest absolute Gasteiger partial charge is 0.124 e. The molecular formula is C17H24N2O2. The van der Waals surface area contributed by atoms with Crippen LogP contribution in [0, 0.1) is 17.2 Å². The molecule has 0 amide bonds. The van der Waals surface area contributed by atoms with Gasteiger partial charge in [0, 0.05) is 5.56 Å². The molecule has 4 nitrogen and oxygen atoms in total. The number of ether oxygens (including phenoxy) is 1. The van der Waals surface area contributed by atoms with Crippen molar-refractivity contribution < 1.29 is 9.84 Å². The van der Waals surface area contributed by atoms with Crippen molar-refractivity contribution in [1.82, 2.24) is 5.32 Å². The Morgan fingerprint density at radius 1 is 1.48 bits per heavy atom. The zero-order valence-corrected chi connectivity index (χ0v) is 12.6. The first-order chi connectivity index (χ1) is 10.3. The standard InChI is InChI=1S/C17H24N2O2/c1-2-19-17(13-18)10-5-7-15(17)9-11-21-16-8-4-3-6-14(16)12-20/h3-4,6,8,15,19-20H,2,5,7,9-12H2,1H3. The molecule has 1 aromatic rings. The molecule has 21 heavy (non-hydrogen) atoms. The molecule has 0 spiro atoms. The molecule has 1 saturated carbocycles. The van der Waals surface area contributed by atoms with Crippen molar-refractivity contribution >= 4 is 0 Å². The second kappa shape index (κ2) is 7.44. The van der Waals surface area contributed by atoms with Gasteiger partial charge in [0.05, 0.1) is 19.3 Å². The van der Waals surface area contributed by atoms with Crippen molar-refractivity contribution in [2.24, 2.45) is 5.92 Å². The fraction of sp³-hybridized carbons (Fsp3) is 0.588. The maximum atomic E-state index is 9.53. The summed E-state index contributed by atoms with van der Waals surface area (Å²) in [5, 5.41) is 22.2. The first kappa shape index (κ1) is 15.8. The van der Waals surface area contributed by atoms with Crippen LogP contribution >= 0.6 is 0 Å². The van der Waals surface area contributed by atoms with E-state index in [0.717, 1.165) is 43.5 Å². The number of nitrogens with one attached hydrogen (secondary N) is 1. The Labute approximate surface area is 126 Å². The van der Waals surface area contributed by atoms with Crippen molar-refractivity contribution in [3.05, 3.63) is 29.8 Å². The predicted octanol–water partition coefficient (Wildman–Crippen LogP) is 2.62. The molecule has 2 rings (SSSR count). The van der Waals surface area contributed by atoms with Crippen LogP contribution in [0.4, 0.5) is 0 Å². The van der Waals surface area contributed by atoms with E-state index in [9.17, 15) is 10.4 Å². The van der Waals surface area contributed by atoms with Crippen LogP contribution in [-0.2, 0) is 6.61 Å². The van der Waals surface area contributed by atoms with E-state index in [1.807, 2.05) is 31.2 Å². The summed E-state index contributed by atoms with van der Waals surface area (Å²) in [6.45, 7) is 3.43. The molecule has 0 heterocycles. The third-order valence-corrected chi connectivity index (χ3v) is 4.38. The molecule has 1 fully saturated rings. The van der Waals surface area contributed by atoms with E-state index >= 15 is 0 Å².